The topological polar surface area (TPSA) is 42.9 Å². The van der Waals surface area contributed by atoms with Crippen molar-refractivity contribution in [1.29, 1.82) is 5.41 Å². The summed E-state index contributed by atoms with van der Waals surface area (Å²) in [5.41, 5.74) is 4.62. The summed E-state index contributed by atoms with van der Waals surface area (Å²) in [6.45, 7) is 4.63. The number of nitrogens with one attached hydrogen (secondary N) is 1. The highest BCUT2D eigenvalue weighted by molar-refractivity contribution is 5.77. The Morgan fingerprint density at radius 2 is 1.44 bits per heavy atom. The summed E-state index contributed by atoms with van der Waals surface area (Å²) in [5, 5.41) is 8.99. The van der Waals surface area contributed by atoms with Crippen LogP contribution in [0.25, 0.3) is 11.0 Å². The molecule has 0 bridgehead atoms. The second-order valence-corrected chi connectivity index (χ2v) is 8.77. The van der Waals surface area contributed by atoms with Crippen molar-refractivity contribution in [3.63, 3.8) is 0 Å². The molecule has 34 heavy (non-hydrogen) atoms. The molecule has 0 fully saturated rings. The SMILES string of the molecule is COC[C@H](Cc1ccc(C)cc1)n1c(=N)n(Cc2ccc(C)cc2)c2cc(C(F)(F)F)ccc21. The van der Waals surface area contributed by atoms with Crippen molar-refractivity contribution in [3.05, 3.63) is 100 Å². The minimum Gasteiger partial charge on any atom is -0.383 e. The molecule has 0 spiro atoms. The first-order valence-electron chi connectivity index (χ1n) is 11.1. The van der Waals surface area contributed by atoms with E-state index in [9.17, 15) is 13.2 Å². The predicted molar refractivity (Wildman–Crippen MR) is 127 cm³/mol. The third-order valence-electron chi connectivity index (χ3n) is 6.11. The van der Waals surface area contributed by atoms with Crippen molar-refractivity contribution in [2.75, 3.05) is 13.7 Å². The van der Waals surface area contributed by atoms with Gasteiger partial charge >= 0.3 is 6.18 Å². The van der Waals surface area contributed by atoms with E-state index in [1.54, 1.807) is 16.2 Å². The number of nitrogens with zero attached hydrogens (tertiary/aromatic N) is 2. The van der Waals surface area contributed by atoms with Crippen LogP contribution in [0.1, 0.15) is 33.9 Å². The van der Waals surface area contributed by atoms with E-state index in [2.05, 4.69) is 0 Å². The van der Waals surface area contributed by atoms with Gasteiger partial charge in [-0.25, -0.2) is 0 Å². The monoisotopic (exact) mass is 467 g/mol. The summed E-state index contributed by atoms with van der Waals surface area (Å²) >= 11 is 0. The van der Waals surface area contributed by atoms with E-state index >= 15 is 0 Å². The molecule has 0 amide bonds. The Morgan fingerprint density at radius 1 is 0.853 bits per heavy atom. The van der Waals surface area contributed by atoms with Gasteiger partial charge in [-0.15, -0.1) is 0 Å². The van der Waals surface area contributed by atoms with Crippen molar-refractivity contribution in [3.8, 4) is 0 Å². The highest BCUT2D eigenvalue weighted by Crippen LogP contribution is 2.32. The van der Waals surface area contributed by atoms with Gasteiger partial charge < -0.3 is 13.9 Å². The molecule has 1 N–H and O–H groups in total. The number of imidazole rings is 1. The van der Waals surface area contributed by atoms with Gasteiger partial charge in [0.05, 0.1) is 35.8 Å². The Morgan fingerprint density at radius 3 is 2.00 bits per heavy atom. The van der Waals surface area contributed by atoms with E-state index in [0.29, 0.717) is 30.6 Å². The van der Waals surface area contributed by atoms with Gasteiger partial charge in [-0.3, -0.25) is 5.41 Å². The lowest BCUT2D eigenvalue weighted by molar-refractivity contribution is -0.137. The van der Waals surface area contributed by atoms with Gasteiger partial charge in [0.2, 0.25) is 5.62 Å². The minimum atomic E-state index is -4.46. The molecule has 1 aromatic heterocycles. The van der Waals surface area contributed by atoms with Gasteiger partial charge in [0.1, 0.15) is 0 Å². The summed E-state index contributed by atoms with van der Waals surface area (Å²) in [6, 6.07) is 19.4. The number of aromatic nitrogens is 2. The largest absolute Gasteiger partial charge is 0.416 e. The van der Waals surface area contributed by atoms with Crippen molar-refractivity contribution >= 4 is 11.0 Å². The molecule has 1 heterocycles. The Bertz CT molecular complexity index is 1330. The Balaban J connectivity index is 1.87. The van der Waals surface area contributed by atoms with Crippen LogP contribution in [0.15, 0.2) is 66.7 Å². The van der Waals surface area contributed by atoms with E-state index in [-0.39, 0.29) is 11.7 Å². The van der Waals surface area contributed by atoms with Crippen molar-refractivity contribution < 1.29 is 17.9 Å². The van der Waals surface area contributed by atoms with E-state index < -0.39 is 11.7 Å². The van der Waals surface area contributed by atoms with E-state index in [0.717, 1.165) is 34.4 Å². The van der Waals surface area contributed by atoms with Crippen molar-refractivity contribution in [2.45, 2.75) is 39.0 Å². The molecular weight excluding hydrogens is 439 g/mol. The van der Waals surface area contributed by atoms with Gasteiger partial charge in [0.25, 0.3) is 0 Å². The van der Waals surface area contributed by atoms with Crippen LogP contribution in [-0.4, -0.2) is 22.9 Å². The van der Waals surface area contributed by atoms with Crippen LogP contribution in [0.2, 0.25) is 0 Å². The third kappa shape index (κ3) is 4.94. The number of hydrogen-bond acceptors (Lipinski definition) is 2. The Kier molecular flexibility index (Phi) is 6.66. The first-order valence-corrected chi connectivity index (χ1v) is 11.1. The van der Waals surface area contributed by atoms with Crippen LogP contribution in [0, 0.1) is 19.3 Å². The molecule has 0 unspecified atom stereocenters. The normalized spacial score (nSPS) is 12.9. The Labute approximate surface area is 196 Å². The minimum absolute atomic E-state index is 0.143. The standard InChI is InChI=1S/C27H28F3N3O/c1-18-4-8-20(9-5-18)14-23(17-34-3)33-24-13-12-22(27(28,29)30)15-25(24)32(26(33)31)16-21-10-6-19(2)7-11-21/h4-13,15,23,31H,14,16-17H2,1-3H3/t23-/m0/s1. The number of rotatable bonds is 7. The van der Waals surface area contributed by atoms with Gasteiger partial charge in [-0.2, -0.15) is 13.2 Å². The summed E-state index contributed by atoms with van der Waals surface area (Å²) < 4.78 is 49.6. The fourth-order valence-electron chi connectivity index (χ4n) is 4.30. The first kappa shape index (κ1) is 23.8. The number of fused-ring (bicyclic) bond motifs is 1. The lowest BCUT2D eigenvalue weighted by Gasteiger charge is -2.19. The average Bonchev–Trinajstić information content (AvgIpc) is 3.06. The molecule has 0 aliphatic rings. The first-order chi connectivity index (χ1) is 16.2. The molecule has 7 heteroatoms. The van der Waals surface area contributed by atoms with E-state index in [1.807, 2.05) is 62.4 Å². The number of aryl methyl sites for hydroxylation is 2. The summed E-state index contributed by atoms with van der Waals surface area (Å²) in [6.07, 6.45) is -3.87. The zero-order valence-electron chi connectivity index (χ0n) is 19.5. The molecule has 0 aliphatic carbocycles. The van der Waals surface area contributed by atoms with Gasteiger partial charge in [-0.1, -0.05) is 59.7 Å². The summed E-state index contributed by atoms with van der Waals surface area (Å²) in [7, 11) is 1.60. The summed E-state index contributed by atoms with van der Waals surface area (Å²) in [5.74, 6) is 0. The van der Waals surface area contributed by atoms with Gasteiger partial charge in [0.15, 0.2) is 0 Å². The quantitative estimate of drug-likeness (QED) is 0.354. The molecule has 4 nitrogen and oxygen atoms in total. The molecule has 4 rings (SSSR count). The number of ether oxygens (including phenoxy) is 1. The molecule has 0 radical (unpaired) electrons. The maximum Gasteiger partial charge on any atom is 0.416 e. The number of alkyl halides is 3. The van der Waals surface area contributed by atoms with E-state index in [4.69, 9.17) is 10.1 Å². The lowest BCUT2D eigenvalue weighted by atomic mass is 10.0. The molecule has 3 aromatic carbocycles. The van der Waals surface area contributed by atoms with Crippen LogP contribution in [-0.2, 0) is 23.9 Å². The van der Waals surface area contributed by atoms with Crippen molar-refractivity contribution in [2.24, 2.45) is 0 Å². The smallest absolute Gasteiger partial charge is 0.383 e. The second-order valence-electron chi connectivity index (χ2n) is 8.77. The van der Waals surface area contributed by atoms with Crippen LogP contribution in [0.3, 0.4) is 0 Å². The highest BCUT2D eigenvalue weighted by atomic mass is 19.4. The Hall–Kier alpha value is -3.32. The summed E-state index contributed by atoms with van der Waals surface area (Å²) in [4.78, 5) is 0. The maximum atomic E-state index is 13.5. The average molecular weight is 468 g/mol. The number of hydrogen-bond donors (Lipinski definition) is 1. The molecule has 0 saturated heterocycles. The number of benzene rings is 3. The van der Waals surface area contributed by atoms with Crippen LogP contribution < -0.4 is 5.62 Å². The van der Waals surface area contributed by atoms with Crippen LogP contribution in [0.5, 0.6) is 0 Å². The number of halogens is 3. The second kappa shape index (κ2) is 9.50. The number of methoxy groups -OCH3 is 1. The van der Waals surface area contributed by atoms with E-state index in [1.165, 1.54) is 6.07 Å². The van der Waals surface area contributed by atoms with Crippen molar-refractivity contribution in [1.82, 2.24) is 9.13 Å². The zero-order valence-corrected chi connectivity index (χ0v) is 19.5. The van der Waals surface area contributed by atoms with Crippen LogP contribution >= 0.6 is 0 Å². The zero-order chi connectivity index (χ0) is 24.5. The van der Waals surface area contributed by atoms with Crippen LogP contribution in [0.4, 0.5) is 13.2 Å². The molecule has 4 aromatic rings. The molecule has 0 aliphatic heterocycles. The lowest BCUT2D eigenvalue weighted by Crippen LogP contribution is -2.31. The third-order valence-corrected chi connectivity index (χ3v) is 6.11. The fourth-order valence-corrected chi connectivity index (χ4v) is 4.30. The highest BCUT2D eigenvalue weighted by Gasteiger charge is 2.31. The van der Waals surface area contributed by atoms with Gasteiger partial charge in [0, 0.05) is 7.11 Å². The molecular formula is C27H28F3N3O. The molecule has 1 atom stereocenters. The fraction of sp³-hybridized carbons (Fsp3) is 0.296. The predicted octanol–water partition coefficient (Wildman–Crippen LogP) is 6.04. The van der Waals surface area contributed by atoms with Gasteiger partial charge in [-0.05, 0) is 49.6 Å². The molecule has 0 saturated carbocycles. The molecule has 178 valence electrons. The maximum absolute atomic E-state index is 13.5.